The fraction of sp³-hybridized carbons (Fsp3) is 0.619. The monoisotopic (exact) mass is 356 g/mol. The van der Waals surface area contributed by atoms with Crippen LogP contribution in [0.25, 0.3) is 0 Å². The molecule has 1 aliphatic carbocycles. The zero-order chi connectivity index (χ0) is 18.0. The Labute approximate surface area is 155 Å². The summed E-state index contributed by atoms with van der Waals surface area (Å²) in [6, 6.07) is 8.60. The molecule has 2 heterocycles. The van der Waals surface area contributed by atoms with Crippen molar-refractivity contribution >= 4 is 17.6 Å². The molecule has 1 N–H and O–H groups in total. The summed E-state index contributed by atoms with van der Waals surface area (Å²) < 4.78 is 5.58. The van der Waals surface area contributed by atoms with Crippen LogP contribution in [0.15, 0.2) is 24.3 Å². The van der Waals surface area contributed by atoms with Gasteiger partial charge in [-0.2, -0.15) is 0 Å². The summed E-state index contributed by atoms with van der Waals surface area (Å²) in [7, 11) is 0. The molecule has 1 amide bonds. The fourth-order valence-electron chi connectivity index (χ4n) is 4.90. The van der Waals surface area contributed by atoms with Crippen molar-refractivity contribution in [3.05, 3.63) is 29.8 Å². The second kappa shape index (κ2) is 7.29. The lowest BCUT2D eigenvalue weighted by molar-refractivity contribution is -0.149. The molecule has 1 saturated carbocycles. The van der Waals surface area contributed by atoms with Gasteiger partial charge in [-0.15, -0.1) is 0 Å². The van der Waals surface area contributed by atoms with Crippen LogP contribution in [-0.4, -0.2) is 37.1 Å². The summed E-state index contributed by atoms with van der Waals surface area (Å²) in [5.74, 6) is -0.512. The highest BCUT2D eigenvalue weighted by molar-refractivity contribution is 5.87. The zero-order valence-corrected chi connectivity index (χ0v) is 15.3. The molecule has 0 unspecified atom stereocenters. The molecular formula is C21H28N2O3. The highest BCUT2D eigenvalue weighted by atomic mass is 16.6. The molecule has 5 heteroatoms. The first-order chi connectivity index (χ1) is 12.7. The van der Waals surface area contributed by atoms with E-state index in [1.807, 2.05) is 0 Å². The number of anilines is 1. The predicted octanol–water partition coefficient (Wildman–Crippen LogP) is 2.82. The number of fused-ring (bicyclic) bond motifs is 1. The quantitative estimate of drug-likeness (QED) is 0.651. The maximum Gasteiger partial charge on any atom is 0.307 e. The van der Waals surface area contributed by atoms with Crippen LogP contribution >= 0.6 is 0 Å². The molecule has 0 radical (unpaired) electrons. The van der Waals surface area contributed by atoms with Crippen molar-refractivity contribution in [3.8, 4) is 0 Å². The average molecular weight is 356 g/mol. The van der Waals surface area contributed by atoms with Gasteiger partial charge in [0.15, 0.2) is 0 Å². The van der Waals surface area contributed by atoms with Crippen molar-refractivity contribution < 1.29 is 14.3 Å². The van der Waals surface area contributed by atoms with Crippen LogP contribution in [0.5, 0.6) is 0 Å². The number of carbonyl (C=O) groups is 2. The number of amides is 1. The Morgan fingerprint density at radius 2 is 2.04 bits per heavy atom. The standard InChI is InChI=1S/C21H28N2O3/c24-19-15-17(21(26-19)10-3-4-11-21)20(25)22-12-6-14-23-13-5-8-16-7-1-2-9-18(16)23/h1-2,7,9,17H,3-6,8,10-15H2,(H,22,25)/t17-/m0/s1. The van der Waals surface area contributed by atoms with Gasteiger partial charge in [0.2, 0.25) is 5.91 Å². The van der Waals surface area contributed by atoms with Crippen LogP contribution < -0.4 is 10.2 Å². The van der Waals surface area contributed by atoms with Gasteiger partial charge >= 0.3 is 5.97 Å². The lowest BCUT2D eigenvalue weighted by atomic mass is 9.85. The second-order valence-electron chi connectivity index (χ2n) is 7.87. The number of ether oxygens (including phenoxy) is 1. The molecule has 140 valence electrons. The van der Waals surface area contributed by atoms with E-state index in [1.165, 1.54) is 17.7 Å². The topological polar surface area (TPSA) is 58.6 Å². The zero-order valence-electron chi connectivity index (χ0n) is 15.3. The molecule has 5 nitrogen and oxygen atoms in total. The third-order valence-corrected chi connectivity index (χ3v) is 6.20. The molecule has 1 aromatic rings. The van der Waals surface area contributed by atoms with Gasteiger partial charge in [-0.05, 0) is 56.6 Å². The number of hydrogen-bond acceptors (Lipinski definition) is 4. The van der Waals surface area contributed by atoms with E-state index in [-0.39, 0.29) is 24.2 Å². The van der Waals surface area contributed by atoms with Crippen LogP contribution in [0.4, 0.5) is 5.69 Å². The second-order valence-corrected chi connectivity index (χ2v) is 7.87. The number of aryl methyl sites for hydroxylation is 1. The third kappa shape index (κ3) is 3.31. The Bertz CT molecular complexity index is 682. The van der Waals surface area contributed by atoms with Gasteiger partial charge in [-0.25, -0.2) is 0 Å². The summed E-state index contributed by atoms with van der Waals surface area (Å²) in [6.07, 6.45) is 7.26. The number of nitrogens with zero attached hydrogens (tertiary/aromatic N) is 1. The van der Waals surface area contributed by atoms with Crippen molar-refractivity contribution in [1.29, 1.82) is 0 Å². The molecule has 1 spiro atoms. The summed E-state index contributed by atoms with van der Waals surface area (Å²) in [6.45, 7) is 2.68. The maximum absolute atomic E-state index is 12.6. The molecule has 4 rings (SSSR count). The van der Waals surface area contributed by atoms with Crippen LogP contribution in [0.2, 0.25) is 0 Å². The van der Waals surface area contributed by atoms with Crippen molar-refractivity contribution in [2.24, 2.45) is 5.92 Å². The number of para-hydroxylation sites is 1. The first kappa shape index (κ1) is 17.4. The highest BCUT2D eigenvalue weighted by Crippen LogP contribution is 2.45. The predicted molar refractivity (Wildman–Crippen MR) is 100 cm³/mol. The first-order valence-electron chi connectivity index (χ1n) is 10.0. The Morgan fingerprint density at radius 3 is 2.88 bits per heavy atom. The molecule has 1 atom stereocenters. The molecule has 3 aliphatic rings. The smallest absolute Gasteiger partial charge is 0.307 e. The third-order valence-electron chi connectivity index (χ3n) is 6.20. The Kier molecular flexibility index (Phi) is 4.88. The van der Waals surface area contributed by atoms with Crippen LogP contribution in [0.1, 0.15) is 50.5 Å². The Hall–Kier alpha value is -2.04. The van der Waals surface area contributed by atoms with E-state index in [0.717, 1.165) is 51.6 Å². The van der Waals surface area contributed by atoms with E-state index >= 15 is 0 Å². The fourth-order valence-corrected chi connectivity index (χ4v) is 4.90. The SMILES string of the molecule is O=C1C[C@@H](C(=O)NCCCN2CCCc3ccccc32)C2(CCCC2)O1. The first-order valence-corrected chi connectivity index (χ1v) is 10.0. The minimum Gasteiger partial charge on any atom is -0.458 e. The van der Waals surface area contributed by atoms with Crippen LogP contribution in [0.3, 0.4) is 0 Å². The molecule has 0 aromatic heterocycles. The Morgan fingerprint density at radius 1 is 1.23 bits per heavy atom. The molecule has 2 fully saturated rings. The molecule has 2 aliphatic heterocycles. The molecule has 0 bridgehead atoms. The van der Waals surface area contributed by atoms with Crippen molar-refractivity contribution in [2.45, 2.75) is 57.0 Å². The van der Waals surface area contributed by atoms with Gasteiger partial charge in [0, 0.05) is 25.3 Å². The minimum atomic E-state index is -0.507. The number of hydrogen-bond donors (Lipinski definition) is 1. The van der Waals surface area contributed by atoms with E-state index < -0.39 is 5.60 Å². The normalized spacial score (nSPS) is 23.8. The van der Waals surface area contributed by atoms with E-state index in [1.54, 1.807) is 0 Å². The lowest BCUT2D eigenvalue weighted by Crippen LogP contribution is -2.43. The van der Waals surface area contributed by atoms with E-state index in [4.69, 9.17) is 4.74 Å². The number of nitrogens with one attached hydrogen (secondary N) is 1. The number of benzene rings is 1. The van der Waals surface area contributed by atoms with Gasteiger partial charge in [-0.1, -0.05) is 18.2 Å². The highest BCUT2D eigenvalue weighted by Gasteiger charge is 2.53. The van der Waals surface area contributed by atoms with E-state index in [2.05, 4.69) is 34.5 Å². The van der Waals surface area contributed by atoms with Crippen LogP contribution in [0, 0.1) is 5.92 Å². The average Bonchev–Trinajstić information content (AvgIpc) is 3.25. The number of carbonyl (C=O) groups excluding carboxylic acids is 2. The van der Waals surface area contributed by atoms with Crippen LogP contribution in [-0.2, 0) is 20.7 Å². The molecule has 1 aromatic carbocycles. The largest absolute Gasteiger partial charge is 0.458 e. The van der Waals surface area contributed by atoms with E-state index in [9.17, 15) is 9.59 Å². The van der Waals surface area contributed by atoms with Crippen molar-refractivity contribution in [3.63, 3.8) is 0 Å². The van der Waals surface area contributed by atoms with Gasteiger partial charge in [0.05, 0.1) is 12.3 Å². The summed E-state index contributed by atoms with van der Waals surface area (Å²) in [4.78, 5) is 26.8. The van der Waals surface area contributed by atoms with Gasteiger partial charge in [0.1, 0.15) is 5.60 Å². The molecule has 1 saturated heterocycles. The van der Waals surface area contributed by atoms with E-state index in [0.29, 0.717) is 6.54 Å². The summed E-state index contributed by atoms with van der Waals surface area (Å²) >= 11 is 0. The Balaban J connectivity index is 1.28. The van der Waals surface area contributed by atoms with Gasteiger partial charge in [-0.3, -0.25) is 9.59 Å². The number of rotatable bonds is 5. The van der Waals surface area contributed by atoms with Crippen molar-refractivity contribution in [1.82, 2.24) is 5.32 Å². The van der Waals surface area contributed by atoms with Crippen molar-refractivity contribution in [2.75, 3.05) is 24.5 Å². The summed E-state index contributed by atoms with van der Waals surface area (Å²) in [5, 5.41) is 3.06. The summed E-state index contributed by atoms with van der Waals surface area (Å²) in [5.41, 5.74) is 2.25. The molecular weight excluding hydrogens is 328 g/mol. The maximum atomic E-state index is 12.6. The number of esters is 1. The van der Waals surface area contributed by atoms with Gasteiger partial charge < -0.3 is 15.0 Å². The van der Waals surface area contributed by atoms with Gasteiger partial charge in [0.25, 0.3) is 0 Å². The lowest BCUT2D eigenvalue weighted by Gasteiger charge is -2.31. The molecule has 26 heavy (non-hydrogen) atoms. The minimum absolute atomic E-state index is 0.00297.